The van der Waals surface area contributed by atoms with E-state index in [2.05, 4.69) is 36.8 Å². The summed E-state index contributed by atoms with van der Waals surface area (Å²) in [6.45, 7) is 8.25. The maximum atomic E-state index is 14.2. The Morgan fingerprint density at radius 1 is 1.16 bits per heavy atom. The summed E-state index contributed by atoms with van der Waals surface area (Å²) in [6, 6.07) is 5.76. The van der Waals surface area contributed by atoms with E-state index in [1.807, 2.05) is 6.07 Å². The number of rotatable bonds is 4. The van der Waals surface area contributed by atoms with Crippen LogP contribution in [0.5, 0.6) is 0 Å². The van der Waals surface area contributed by atoms with Crippen molar-refractivity contribution in [2.45, 2.75) is 26.7 Å². The molecule has 2 rings (SSSR count). The van der Waals surface area contributed by atoms with Gasteiger partial charge in [0, 0.05) is 26.2 Å². The average molecular weight is 264 g/mol. The Balaban J connectivity index is 2.02. The highest BCUT2D eigenvalue weighted by Crippen LogP contribution is 2.22. The van der Waals surface area contributed by atoms with Crippen molar-refractivity contribution >= 4 is 5.69 Å². The van der Waals surface area contributed by atoms with Crippen LogP contribution in [-0.2, 0) is 6.42 Å². The largest absolute Gasteiger partial charge is 0.367 e. The van der Waals surface area contributed by atoms with Crippen molar-refractivity contribution in [1.29, 1.82) is 0 Å². The Kier molecular flexibility index (Phi) is 4.81. The normalized spacial score (nSPS) is 17.2. The SMILES string of the molecule is CC(C)CCc1ccc(N2CCN(C)CC2)c(F)c1. The molecule has 0 bridgehead atoms. The second kappa shape index (κ2) is 6.38. The summed E-state index contributed by atoms with van der Waals surface area (Å²) < 4.78 is 14.2. The fourth-order valence-electron chi connectivity index (χ4n) is 2.47. The van der Waals surface area contributed by atoms with Gasteiger partial charge in [-0.05, 0) is 43.5 Å². The zero-order chi connectivity index (χ0) is 13.8. The van der Waals surface area contributed by atoms with E-state index in [0.717, 1.165) is 50.3 Å². The van der Waals surface area contributed by atoms with Gasteiger partial charge in [0.1, 0.15) is 5.82 Å². The maximum absolute atomic E-state index is 14.2. The smallest absolute Gasteiger partial charge is 0.146 e. The van der Waals surface area contributed by atoms with Crippen LogP contribution >= 0.6 is 0 Å². The molecule has 1 aromatic carbocycles. The molecule has 0 atom stereocenters. The fraction of sp³-hybridized carbons (Fsp3) is 0.625. The molecule has 1 aromatic rings. The lowest BCUT2D eigenvalue weighted by Gasteiger charge is -2.34. The number of piperazine rings is 1. The third-order valence-electron chi connectivity index (χ3n) is 3.87. The van der Waals surface area contributed by atoms with Crippen LogP contribution in [0, 0.1) is 11.7 Å². The second-order valence-corrected chi connectivity index (χ2v) is 6.01. The summed E-state index contributed by atoms with van der Waals surface area (Å²) in [6.07, 6.45) is 2.09. The van der Waals surface area contributed by atoms with Crippen molar-refractivity contribution in [2.24, 2.45) is 5.92 Å². The topological polar surface area (TPSA) is 6.48 Å². The second-order valence-electron chi connectivity index (χ2n) is 6.01. The van der Waals surface area contributed by atoms with Gasteiger partial charge in [-0.1, -0.05) is 19.9 Å². The number of hydrogen-bond acceptors (Lipinski definition) is 2. The molecule has 1 aliphatic rings. The highest BCUT2D eigenvalue weighted by Gasteiger charge is 2.17. The van der Waals surface area contributed by atoms with Crippen molar-refractivity contribution in [3.05, 3.63) is 29.6 Å². The Labute approximate surface area is 116 Å². The van der Waals surface area contributed by atoms with Gasteiger partial charge in [-0.3, -0.25) is 0 Å². The predicted octanol–water partition coefficient (Wildman–Crippen LogP) is 3.17. The molecule has 0 N–H and O–H groups in total. The lowest BCUT2D eigenvalue weighted by molar-refractivity contribution is 0.311. The van der Waals surface area contributed by atoms with E-state index in [0.29, 0.717) is 5.92 Å². The Morgan fingerprint density at radius 3 is 2.42 bits per heavy atom. The third-order valence-corrected chi connectivity index (χ3v) is 3.87. The van der Waals surface area contributed by atoms with Gasteiger partial charge in [-0.2, -0.15) is 0 Å². The Morgan fingerprint density at radius 2 is 1.84 bits per heavy atom. The van der Waals surface area contributed by atoms with Crippen LogP contribution in [0.4, 0.5) is 10.1 Å². The van der Waals surface area contributed by atoms with Gasteiger partial charge >= 0.3 is 0 Å². The summed E-state index contributed by atoms with van der Waals surface area (Å²) >= 11 is 0. The summed E-state index contributed by atoms with van der Waals surface area (Å²) in [5, 5.41) is 0. The molecule has 2 nitrogen and oxygen atoms in total. The molecule has 0 spiro atoms. The first-order chi connectivity index (χ1) is 9.06. The lowest BCUT2D eigenvalue weighted by Crippen LogP contribution is -2.44. The molecule has 0 aromatic heterocycles. The molecule has 1 heterocycles. The van der Waals surface area contributed by atoms with Gasteiger partial charge in [-0.25, -0.2) is 4.39 Å². The van der Waals surface area contributed by atoms with Gasteiger partial charge in [0.05, 0.1) is 5.69 Å². The number of nitrogens with zero attached hydrogens (tertiary/aromatic N) is 2. The average Bonchev–Trinajstić information content (AvgIpc) is 2.38. The monoisotopic (exact) mass is 264 g/mol. The molecule has 19 heavy (non-hydrogen) atoms. The number of hydrogen-bond donors (Lipinski definition) is 0. The fourth-order valence-corrected chi connectivity index (χ4v) is 2.47. The first-order valence-corrected chi connectivity index (χ1v) is 7.28. The van der Waals surface area contributed by atoms with Crippen molar-refractivity contribution in [2.75, 3.05) is 38.1 Å². The van der Waals surface area contributed by atoms with Gasteiger partial charge in [0.25, 0.3) is 0 Å². The van der Waals surface area contributed by atoms with E-state index in [9.17, 15) is 4.39 Å². The summed E-state index contributed by atoms with van der Waals surface area (Å²) in [7, 11) is 2.11. The Hall–Kier alpha value is -1.09. The minimum absolute atomic E-state index is 0.0641. The quantitative estimate of drug-likeness (QED) is 0.824. The molecule has 106 valence electrons. The van der Waals surface area contributed by atoms with Gasteiger partial charge in [-0.15, -0.1) is 0 Å². The van der Waals surface area contributed by atoms with Crippen LogP contribution in [0.25, 0.3) is 0 Å². The molecule has 0 aliphatic carbocycles. The van der Waals surface area contributed by atoms with Crippen molar-refractivity contribution in [3.8, 4) is 0 Å². The number of likely N-dealkylation sites (N-methyl/N-ethyl adjacent to an activating group) is 1. The molecule has 1 aliphatic heterocycles. The zero-order valence-electron chi connectivity index (χ0n) is 12.3. The summed E-state index contributed by atoms with van der Waals surface area (Å²) in [5.41, 5.74) is 1.88. The lowest BCUT2D eigenvalue weighted by atomic mass is 10.0. The molecule has 0 amide bonds. The molecular formula is C16H25FN2. The van der Waals surface area contributed by atoms with Crippen LogP contribution in [0.3, 0.4) is 0 Å². The van der Waals surface area contributed by atoms with Crippen LogP contribution in [0.2, 0.25) is 0 Å². The first-order valence-electron chi connectivity index (χ1n) is 7.28. The molecule has 1 fully saturated rings. The van der Waals surface area contributed by atoms with Crippen molar-refractivity contribution in [1.82, 2.24) is 4.90 Å². The van der Waals surface area contributed by atoms with Crippen LogP contribution < -0.4 is 4.90 Å². The molecule has 1 saturated heterocycles. The van der Waals surface area contributed by atoms with Crippen molar-refractivity contribution < 1.29 is 4.39 Å². The molecule has 0 saturated carbocycles. The summed E-state index contributed by atoms with van der Waals surface area (Å²) in [5.74, 6) is 0.603. The minimum Gasteiger partial charge on any atom is -0.367 e. The zero-order valence-corrected chi connectivity index (χ0v) is 12.3. The van der Waals surface area contributed by atoms with Gasteiger partial charge in [0.15, 0.2) is 0 Å². The molecular weight excluding hydrogens is 239 g/mol. The molecule has 0 radical (unpaired) electrons. The van der Waals surface area contributed by atoms with E-state index < -0.39 is 0 Å². The van der Waals surface area contributed by atoms with Crippen LogP contribution in [0.1, 0.15) is 25.8 Å². The molecule has 0 unspecified atom stereocenters. The van der Waals surface area contributed by atoms with E-state index >= 15 is 0 Å². The number of aryl methyl sites for hydroxylation is 1. The Bertz CT molecular complexity index is 409. The number of halogens is 1. The van der Waals surface area contributed by atoms with Gasteiger partial charge < -0.3 is 9.80 Å². The molecule has 3 heteroatoms. The number of anilines is 1. The van der Waals surface area contributed by atoms with E-state index in [1.165, 1.54) is 0 Å². The standard InChI is InChI=1S/C16H25FN2/c1-13(2)4-5-14-6-7-16(15(17)12-14)19-10-8-18(3)9-11-19/h6-7,12-13H,4-5,8-11H2,1-3H3. The highest BCUT2D eigenvalue weighted by atomic mass is 19.1. The van der Waals surface area contributed by atoms with Gasteiger partial charge in [0.2, 0.25) is 0 Å². The third kappa shape index (κ3) is 3.93. The van der Waals surface area contributed by atoms with Crippen molar-refractivity contribution in [3.63, 3.8) is 0 Å². The van der Waals surface area contributed by atoms with Crippen LogP contribution in [0.15, 0.2) is 18.2 Å². The summed E-state index contributed by atoms with van der Waals surface area (Å²) in [4.78, 5) is 4.44. The van der Waals surface area contributed by atoms with E-state index in [1.54, 1.807) is 6.07 Å². The van der Waals surface area contributed by atoms with E-state index in [4.69, 9.17) is 0 Å². The predicted molar refractivity (Wildman–Crippen MR) is 79.3 cm³/mol. The number of benzene rings is 1. The van der Waals surface area contributed by atoms with E-state index in [-0.39, 0.29) is 5.82 Å². The first kappa shape index (κ1) is 14.3. The highest BCUT2D eigenvalue weighted by molar-refractivity contribution is 5.49. The maximum Gasteiger partial charge on any atom is 0.146 e. The minimum atomic E-state index is -0.0641. The van der Waals surface area contributed by atoms with Crippen LogP contribution in [-0.4, -0.2) is 38.1 Å².